The van der Waals surface area contributed by atoms with E-state index < -0.39 is 10.0 Å². The summed E-state index contributed by atoms with van der Waals surface area (Å²) < 4.78 is 27.7. The Balaban J connectivity index is 2.09. The van der Waals surface area contributed by atoms with Crippen LogP contribution in [0.2, 0.25) is 0 Å². The van der Waals surface area contributed by atoms with Crippen molar-refractivity contribution in [2.45, 2.75) is 11.3 Å². The fraction of sp³-hybridized carbons (Fsp3) is 0.143. The third-order valence-corrected chi connectivity index (χ3v) is 5.73. The van der Waals surface area contributed by atoms with E-state index in [1.807, 2.05) is 12.1 Å². The van der Waals surface area contributed by atoms with Crippen LogP contribution in [0.3, 0.4) is 0 Å². The number of fused-ring (bicyclic) bond motifs is 1. The minimum absolute atomic E-state index is 0.275. The van der Waals surface area contributed by atoms with Gasteiger partial charge in [0, 0.05) is 11.0 Å². The Kier molecular flexibility index (Phi) is 3.22. The van der Waals surface area contributed by atoms with Gasteiger partial charge in [-0.3, -0.25) is 4.31 Å². The van der Waals surface area contributed by atoms with Crippen LogP contribution in [0.25, 0.3) is 0 Å². The van der Waals surface area contributed by atoms with Gasteiger partial charge in [0.25, 0.3) is 10.0 Å². The summed E-state index contributed by atoms with van der Waals surface area (Å²) in [7, 11) is -3.56. The summed E-state index contributed by atoms with van der Waals surface area (Å²) in [5, 5.41) is 0. The molecule has 104 valence electrons. The maximum atomic E-state index is 12.7. The van der Waals surface area contributed by atoms with Crippen LogP contribution < -0.4 is 10.0 Å². The number of anilines is 2. The molecule has 0 saturated heterocycles. The number of halogens is 1. The van der Waals surface area contributed by atoms with Gasteiger partial charge in [0.2, 0.25) is 0 Å². The number of sulfonamides is 1. The Morgan fingerprint density at radius 3 is 2.50 bits per heavy atom. The van der Waals surface area contributed by atoms with E-state index in [-0.39, 0.29) is 4.90 Å². The molecule has 4 nitrogen and oxygen atoms in total. The van der Waals surface area contributed by atoms with Crippen molar-refractivity contribution in [3.05, 3.63) is 52.5 Å². The van der Waals surface area contributed by atoms with E-state index in [9.17, 15) is 8.42 Å². The molecule has 0 aromatic heterocycles. The maximum absolute atomic E-state index is 12.7. The van der Waals surface area contributed by atoms with E-state index in [1.165, 1.54) is 4.31 Å². The smallest absolute Gasteiger partial charge is 0.264 e. The molecule has 0 spiro atoms. The zero-order valence-electron chi connectivity index (χ0n) is 10.6. The first kappa shape index (κ1) is 13.5. The largest absolute Gasteiger partial charge is 0.397 e. The molecule has 0 bridgehead atoms. The number of hydrogen-bond donors (Lipinski definition) is 1. The lowest BCUT2D eigenvalue weighted by Crippen LogP contribution is -2.29. The molecule has 1 aliphatic rings. The molecule has 1 heterocycles. The SMILES string of the molecule is Nc1cccc2c1N(S(=O)(=O)c1ccc(Br)cc1)CC2. The average molecular weight is 353 g/mol. The first-order valence-electron chi connectivity index (χ1n) is 6.16. The van der Waals surface area contributed by atoms with Crippen molar-refractivity contribution in [1.29, 1.82) is 0 Å². The lowest BCUT2D eigenvalue weighted by Gasteiger charge is -2.21. The Hall–Kier alpha value is -1.53. The van der Waals surface area contributed by atoms with E-state index in [0.29, 0.717) is 24.3 Å². The normalized spacial score (nSPS) is 14.3. The van der Waals surface area contributed by atoms with E-state index in [2.05, 4.69) is 15.9 Å². The van der Waals surface area contributed by atoms with Crippen LogP contribution in [0.1, 0.15) is 5.56 Å². The van der Waals surface area contributed by atoms with E-state index in [4.69, 9.17) is 5.73 Å². The highest BCUT2D eigenvalue weighted by Crippen LogP contribution is 2.37. The molecule has 1 aliphatic heterocycles. The van der Waals surface area contributed by atoms with Crippen LogP contribution in [0.5, 0.6) is 0 Å². The first-order chi connectivity index (χ1) is 9.50. The van der Waals surface area contributed by atoms with Crippen LogP contribution >= 0.6 is 15.9 Å². The number of benzene rings is 2. The van der Waals surface area contributed by atoms with Crippen molar-refractivity contribution < 1.29 is 8.42 Å². The van der Waals surface area contributed by atoms with E-state index in [1.54, 1.807) is 30.3 Å². The molecule has 0 saturated carbocycles. The Bertz CT molecular complexity index is 757. The van der Waals surface area contributed by atoms with Gasteiger partial charge in [0.15, 0.2) is 0 Å². The Morgan fingerprint density at radius 1 is 1.10 bits per heavy atom. The van der Waals surface area contributed by atoms with Gasteiger partial charge in [-0.2, -0.15) is 0 Å². The Morgan fingerprint density at radius 2 is 1.80 bits per heavy atom. The zero-order valence-corrected chi connectivity index (χ0v) is 13.0. The second-order valence-corrected chi connectivity index (χ2v) is 7.41. The van der Waals surface area contributed by atoms with Gasteiger partial charge in [-0.05, 0) is 42.3 Å². The zero-order chi connectivity index (χ0) is 14.3. The van der Waals surface area contributed by atoms with Gasteiger partial charge < -0.3 is 5.73 Å². The van der Waals surface area contributed by atoms with Gasteiger partial charge in [0.1, 0.15) is 0 Å². The van der Waals surface area contributed by atoms with Crippen molar-refractivity contribution in [2.24, 2.45) is 0 Å². The summed E-state index contributed by atoms with van der Waals surface area (Å²) in [6, 6.07) is 12.1. The molecule has 2 N–H and O–H groups in total. The number of nitrogens with zero attached hydrogens (tertiary/aromatic N) is 1. The molecule has 2 aromatic carbocycles. The predicted molar refractivity (Wildman–Crippen MR) is 83.2 cm³/mol. The summed E-state index contributed by atoms with van der Waals surface area (Å²) in [5.74, 6) is 0. The fourth-order valence-corrected chi connectivity index (χ4v) is 4.22. The number of para-hydroxylation sites is 1. The molecule has 0 radical (unpaired) electrons. The predicted octanol–water partition coefficient (Wildman–Crippen LogP) is 2.78. The van der Waals surface area contributed by atoms with Crippen LogP contribution in [-0.4, -0.2) is 15.0 Å². The summed E-state index contributed by atoms with van der Waals surface area (Å²) in [6.45, 7) is 0.432. The minimum atomic E-state index is -3.56. The Labute approximate surface area is 126 Å². The van der Waals surface area contributed by atoms with Crippen LogP contribution in [-0.2, 0) is 16.4 Å². The number of hydrogen-bond acceptors (Lipinski definition) is 3. The molecular formula is C14H13BrN2O2S. The lowest BCUT2D eigenvalue weighted by atomic mass is 10.1. The number of nitrogen functional groups attached to an aromatic ring is 1. The van der Waals surface area contributed by atoms with Gasteiger partial charge >= 0.3 is 0 Å². The highest BCUT2D eigenvalue weighted by atomic mass is 79.9. The van der Waals surface area contributed by atoms with Crippen molar-refractivity contribution >= 4 is 37.3 Å². The third kappa shape index (κ3) is 2.09. The fourth-order valence-electron chi connectivity index (χ4n) is 2.43. The van der Waals surface area contributed by atoms with Crippen molar-refractivity contribution in [1.82, 2.24) is 0 Å². The summed E-state index contributed by atoms with van der Waals surface area (Å²) in [4.78, 5) is 0.275. The van der Waals surface area contributed by atoms with E-state index >= 15 is 0 Å². The highest BCUT2D eigenvalue weighted by molar-refractivity contribution is 9.10. The van der Waals surface area contributed by atoms with Crippen LogP contribution in [0, 0.1) is 0 Å². The maximum Gasteiger partial charge on any atom is 0.264 e. The molecule has 2 aromatic rings. The van der Waals surface area contributed by atoms with Crippen molar-refractivity contribution in [2.75, 3.05) is 16.6 Å². The highest BCUT2D eigenvalue weighted by Gasteiger charge is 2.32. The van der Waals surface area contributed by atoms with Crippen LogP contribution in [0.15, 0.2) is 51.8 Å². The van der Waals surface area contributed by atoms with Gasteiger partial charge in [-0.1, -0.05) is 28.1 Å². The molecule has 20 heavy (non-hydrogen) atoms. The number of rotatable bonds is 2. The molecule has 0 amide bonds. The molecule has 0 fully saturated rings. The lowest BCUT2D eigenvalue weighted by molar-refractivity contribution is 0.592. The summed E-state index contributed by atoms with van der Waals surface area (Å²) >= 11 is 3.30. The monoisotopic (exact) mass is 352 g/mol. The third-order valence-electron chi connectivity index (χ3n) is 3.39. The molecule has 6 heteroatoms. The summed E-state index contributed by atoms with van der Waals surface area (Å²) in [5.41, 5.74) is 8.05. The number of nitrogens with two attached hydrogens (primary N) is 1. The average Bonchev–Trinajstić information content (AvgIpc) is 2.85. The topological polar surface area (TPSA) is 63.4 Å². The molecule has 0 unspecified atom stereocenters. The quantitative estimate of drug-likeness (QED) is 0.845. The first-order valence-corrected chi connectivity index (χ1v) is 8.39. The second-order valence-electron chi connectivity index (χ2n) is 4.64. The molecule has 3 rings (SSSR count). The van der Waals surface area contributed by atoms with Crippen LogP contribution in [0.4, 0.5) is 11.4 Å². The van der Waals surface area contributed by atoms with Gasteiger partial charge in [0.05, 0.1) is 16.3 Å². The van der Waals surface area contributed by atoms with Gasteiger partial charge in [-0.25, -0.2) is 8.42 Å². The molecule has 0 atom stereocenters. The molecular weight excluding hydrogens is 340 g/mol. The van der Waals surface area contributed by atoms with Crippen molar-refractivity contribution in [3.63, 3.8) is 0 Å². The van der Waals surface area contributed by atoms with Gasteiger partial charge in [-0.15, -0.1) is 0 Å². The second kappa shape index (κ2) is 4.79. The minimum Gasteiger partial charge on any atom is -0.397 e. The molecule has 0 aliphatic carbocycles. The van der Waals surface area contributed by atoms with Crippen molar-refractivity contribution in [3.8, 4) is 0 Å². The summed E-state index contributed by atoms with van der Waals surface area (Å²) in [6.07, 6.45) is 0.691. The standard InChI is InChI=1S/C14H13BrN2O2S/c15-11-4-6-12(7-5-11)20(18,19)17-9-8-10-2-1-3-13(16)14(10)17/h1-7H,8-9,16H2. The van der Waals surface area contributed by atoms with E-state index in [0.717, 1.165) is 10.0 Å².